The molecule has 1 saturated heterocycles. The van der Waals surface area contributed by atoms with Crippen LogP contribution in [0.4, 0.5) is 21.9 Å². The minimum absolute atomic E-state index is 0.207. The molecule has 286 valence electrons. The Bertz CT molecular complexity index is 2020. The van der Waals surface area contributed by atoms with E-state index in [2.05, 4.69) is 19.9 Å². The van der Waals surface area contributed by atoms with Crippen molar-refractivity contribution in [1.82, 2.24) is 14.7 Å². The van der Waals surface area contributed by atoms with Gasteiger partial charge in [0.15, 0.2) is 5.75 Å². The maximum Gasteiger partial charge on any atom is 0.410 e. The zero-order valence-corrected chi connectivity index (χ0v) is 33.0. The molecule has 1 atom stereocenters. The van der Waals surface area contributed by atoms with Gasteiger partial charge in [0.25, 0.3) is 5.91 Å². The molecule has 1 aliphatic carbocycles. The maximum atomic E-state index is 13.8. The van der Waals surface area contributed by atoms with Gasteiger partial charge in [-0.15, -0.1) is 0 Å². The Kier molecular flexibility index (Phi) is 10.3. The minimum atomic E-state index is -3.63. The van der Waals surface area contributed by atoms with Crippen LogP contribution in [0.2, 0.25) is 0 Å². The van der Waals surface area contributed by atoms with Crippen LogP contribution in [0.3, 0.4) is 0 Å². The van der Waals surface area contributed by atoms with Gasteiger partial charge in [0, 0.05) is 35.8 Å². The summed E-state index contributed by atoms with van der Waals surface area (Å²) in [4.78, 5) is 28.4. The lowest BCUT2D eigenvalue weighted by atomic mass is 9.86. The number of rotatable bonds is 9. The zero-order chi connectivity index (χ0) is 38.5. The number of nitrogens with zero attached hydrogens (tertiary/aromatic N) is 6. The van der Waals surface area contributed by atoms with Crippen molar-refractivity contribution in [3.63, 3.8) is 0 Å². The average molecular weight is 749 g/mol. The summed E-state index contributed by atoms with van der Waals surface area (Å²) >= 11 is 0. The van der Waals surface area contributed by atoms with Crippen molar-refractivity contribution in [1.29, 1.82) is 0 Å². The number of ether oxygens (including phenoxy) is 2. The lowest BCUT2D eigenvalue weighted by Gasteiger charge is -2.34. The molecule has 2 amide bonds. The van der Waals surface area contributed by atoms with Crippen LogP contribution in [-0.4, -0.2) is 73.7 Å². The predicted octanol–water partition coefficient (Wildman–Crippen LogP) is 7.50. The van der Waals surface area contributed by atoms with Gasteiger partial charge in [0.05, 0.1) is 49.2 Å². The molecule has 3 heterocycles. The Hall–Kier alpha value is -4.66. The molecule has 2 N–H and O–H groups in total. The van der Waals surface area contributed by atoms with E-state index in [1.807, 2.05) is 65.7 Å². The van der Waals surface area contributed by atoms with Gasteiger partial charge >= 0.3 is 6.09 Å². The van der Waals surface area contributed by atoms with Crippen molar-refractivity contribution in [2.45, 2.75) is 103 Å². The summed E-state index contributed by atoms with van der Waals surface area (Å²) in [5, 5.41) is 18.9. The van der Waals surface area contributed by atoms with E-state index in [-0.39, 0.29) is 40.8 Å². The topological polar surface area (TPSA) is 160 Å². The monoisotopic (exact) mass is 748 g/mol. The highest BCUT2D eigenvalue weighted by Crippen LogP contribution is 2.44. The molecule has 0 bridgehead atoms. The number of anilines is 3. The number of nitrogens with one attached hydrogen (secondary N) is 2. The van der Waals surface area contributed by atoms with Crippen molar-refractivity contribution in [3.8, 4) is 5.75 Å². The van der Waals surface area contributed by atoms with Gasteiger partial charge in [-0.1, -0.05) is 32.1 Å². The first-order valence-electron chi connectivity index (χ1n) is 18.2. The molecular weight excluding hydrogens is 697 g/mol. The van der Waals surface area contributed by atoms with E-state index >= 15 is 0 Å². The van der Waals surface area contributed by atoms with Crippen LogP contribution in [0.5, 0.6) is 5.75 Å². The number of carbonyl (C=O) groups excluding carboxylic acids is 2. The number of piperidine rings is 1. The number of aryl methyl sites for hydroxylation is 1. The quantitative estimate of drug-likeness (QED) is 0.228. The summed E-state index contributed by atoms with van der Waals surface area (Å²) in [5.41, 5.74) is 4.81. The number of aromatic nitrogens is 2. The van der Waals surface area contributed by atoms with Crippen molar-refractivity contribution in [3.05, 3.63) is 64.5 Å². The molecule has 1 unspecified atom stereocenters. The second-order valence-corrected chi connectivity index (χ2v) is 18.1. The van der Waals surface area contributed by atoms with Gasteiger partial charge < -0.3 is 19.7 Å². The fourth-order valence-corrected chi connectivity index (χ4v) is 7.43. The van der Waals surface area contributed by atoms with Crippen LogP contribution in [0.1, 0.15) is 118 Å². The second kappa shape index (κ2) is 14.3. The molecule has 15 heteroatoms. The molecule has 1 aromatic heterocycles. The first-order valence-corrected chi connectivity index (χ1v) is 20.1. The molecular formula is C38H52N8O6S. The number of benzene rings is 2. The maximum absolute atomic E-state index is 13.8. The summed E-state index contributed by atoms with van der Waals surface area (Å²) < 4.78 is 40.3. The van der Waals surface area contributed by atoms with E-state index in [0.717, 1.165) is 54.3 Å². The van der Waals surface area contributed by atoms with Crippen molar-refractivity contribution in [2.24, 2.45) is 10.3 Å². The molecule has 2 fully saturated rings. The highest BCUT2D eigenvalue weighted by atomic mass is 32.2. The largest absolute Gasteiger partial charge is 0.492 e. The number of hydrogen-bond donors (Lipinski definition) is 2. The fourth-order valence-electron chi connectivity index (χ4n) is 6.88. The minimum Gasteiger partial charge on any atom is -0.492 e. The third-order valence-corrected chi connectivity index (χ3v) is 10.3. The zero-order valence-electron chi connectivity index (χ0n) is 32.2. The molecule has 53 heavy (non-hydrogen) atoms. The standard InChI is InChI=1S/C38H52N8O6S/c1-23-10-11-25(35(47)40-29-19-26(37(2,3)4)20-30(34(29)51-8)42-53(9,49)50)18-32(23)45-22-31(41-43-45)28-21-39-46(27-12-13-27)33(28)24-14-16-44(17-15-24)36(48)52-38(5,6)7/h10-11,18-21,24,27,31,42H,12-17,22H2,1-9H3,(H,40,47). The van der Waals surface area contributed by atoms with E-state index in [1.165, 1.54) is 12.8 Å². The molecule has 3 aliphatic rings. The molecule has 1 saturated carbocycles. The van der Waals surface area contributed by atoms with Gasteiger partial charge in [0.1, 0.15) is 11.6 Å². The van der Waals surface area contributed by atoms with Gasteiger partial charge in [-0.3, -0.25) is 14.2 Å². The molecule has 0 radical (unpaired) electrons. The molecule has 2 aromatic carbocycles. The third kappa shape index (κ3) is 8.77. The number of amides is 2. The summed E-state index contributed by atoms with van der Waals surface area (Å²) in [6.07, 6.45) is 6.54. The number of carbonyl (C=O) groups is 2. The van der Waals surface area contributed by atoms with Crippen molar-refractivity contribution in [2.75, 3.05) is 48.0 Å². The van der Waals surface area contributed by atoms with Crippen LogP contribution >= 0.6 is 0 Å². The molecule has 6 rings (SSSR count). The number of likely N-dealkylation sites (tertiary alicyclic amines) is 1. The molecule has 0 spiro atoms. The Morgan fingerprint density at radius 2 is 1.64 bits per heavy atom. The van der Waals surface area contributed by atoms with E-state index in [1.54, 1.807) is 29.2 Å². The van der Waals surface area contributed by atoms with Gasteiger partial charge in [-0.2, -0.15) is 10.2 Å². The Morgan fingerprint density at radius 1 is 0.962 bits per heavy atom. The van der Waals surface area contributed by atoms with Crippen LogP contribution in [-0.2, 0) is 20.2 Å². The van der Waals surface area contributed by atoms with Crippen LogP contribution in [0, 0.1) is 6.92 Å². The van der Waals surface area contributed by atoms with Gasteiger partial charge in [0.2, 0.25) is 10.0 Å². The Balaban J connectivity index is 1.21. The lowest BCUT2D eigenvalue weighted by Crippen LogP contribution is -2.41. The van der Waals surface area contributed by atoms with Crippen LogP contribution in [0.25, 0.3) is 0 Å². The van der Waals surface area contributed by atoms with Crippen LogP contribution < -0.4 is 19.8 Å². The first kappa shape index (κ1) is 38.1. The van der Waals surface area contributed by atoms with Gasteiger partial charge in [-0.05, 0) is 94.2 Å². The fraction of sp³-hybridized carbons (Fsp3) is 0.553. The van der Waals surface area contributed by atoms with Crippen LogP contribution in [0.15, 0.2) is 46.9 Å². The van der Waals surface area contributed by atoms with E-state index in [9.17, 15) is 18.0 Å². The lowest BCUT2D eigenvalue weighted by molar-refractivity contribution is 0.0203. The summed E-state index contributed by atoms with van der Waals surface area (Å²) in [6, 6.07) is 9.08. The average Bonchev–Trinajstić information content (AvgIpc) is 3.62. The van der Waals surface area contributed by atoms with E-state index < -0.39 is 15.6 Å². The molecule has 14 nitrogen and oxygen atoms in total. The Labute approximate surface area is 312 Å². The second-order valence-electron chi connectivity index (χ2n) is 16.4. The summed E-state index contributed by atoms with van der Waals surface area (Å²) in [6.45, 7) is 15.3. The molecule has 3 aromatic rings. The Morgan fingerprint density at radius 3 is 2.25 bits per heavy atom. The smallest absolute Gasteiger partial charge is 0.410 e. The number of hydrogen-bond acceptors (Lipinski definition) is 10. The van der Waals surface area contributed by atoms with Crippen molar-refractivity contribution >= 4 is 39.1 Å². The number of methoxy groups -OCH3 is 1. The molecule has 2 aliphatic heterocycles. The normalized spacial score (nSPS) is 18.3. The van der Waals surface area contributed by atoms with E-state index in [4.69, 9.17) is 19.7 Å². The van der Waals surface area contributed by atoms with E-state index in [0.29, 0.717) is 36.9 Å². The predicted molar refractivity (Wildman–Crippen MR) is 205 cm³/mol. The van der Waals surface area contributed by atoms with Crippen molar-refractivity contribution < 1.29 is 27.5 Å². The van der Waals surface area contributed by atoms with Gasteiger partial charge in [-0.25, -0.2) is 18.2 Å². The highest BCUT2D eigenvalue weighted by molar-refractivity contribution is 7.92. The third-order valence-electron chi connectivity index (χ3n) is 9.75. The SMILES string of the molecule is COc1c(NC(=O)c2ccc(C)c(N3CC(c4cnn(C5CC5)c4C4CCN(C(=O)OC(C)(C)C)CC4)N=N3)c2)cc(C(C)(C)C)cc1NS(C)(=O)=O. The number of sulfonamides is 1. The summed E-state index contributed by atoms with van der Waals surface area (Å²) in [5.74, 6) is 0.0457. The summed E-state index contributed by atoms with van der Waals surface area (Å²) in [7, 11) is -2.19. The first-order chi connectivity index (χ1) is 24.8. The highest BCUT2D eigenvalue weighted by Gasteiger charge is 2.37.